The van der Waals surface area contributed by atoms with Crippen molar-refractivity contribution >= 4 is 0 Å². The molecule has 0 bridgehead atoms. The van der Waals surface area contributed by atoms with Gasteiger partial charge in [0.05, 0.1) is 0 Å². The van der Waals surface area contributed by atoms with E-state index in [2.05, 4.69) is 41.9 Å². The largest absolute Gasteiger partial charge is 0.328 e. The summed E-state index contributed by atoms with van der Waals surface area (Å²) in [6.07, 6.45) is 7.59. The highest BCUT2D eigenvalue weighted by atomic mass is 15.3. The van der Waals surface area contributed by atoms with Crippen LogP contribution in [0, 0.1) is 0 Å². The normalized spacial score (nSPS) is 21.0. The Kier molecular flexibility index (Phi) is 5.44. The first-order valence-electron chi connectivity index (χ1n) is 8.99. The summed E-state index contributed by atoms with van der Waals surface area (Å²) in [6.45, 7) is 3.20. The Labute approximate surface area is 139 Å². The molecule has 1 aliphatic rings. The smallest absolute Gasteiger partial charge is 0.151 e. The number of rotatable bonds is 7. The lowest BCUT2D eigenvalue weighted by Crippen LogP contribution is -2.15. The van der Waals surface area contributed by atoms with E-state index in [1.54, 1.807) is 0 Å². The molecule has 1 saturated carbocycles. The van der Waals surface area contributed by atoms with Gasteiger partial charge in [0, 0.05) is 24.9 Å². The van der Waals surface area contributed by atoms with E-state index < -0.39 is 0 Å². The number of nitrogens with zero attached hydrogens (tertiary/aromatic N) is 3. The molecule has 3 rings (SSSR count). The van der Waals surface area contributed by atoms with Crippen LogP contribution in [0.3, 0.4) is 0 Å². The summed E-state index contributed by atoms with van der Waals surface area (Å²) < 4.78 is 2.16. The molecule has 0 saturated heterocycles. The van der Waals surface area contributed by atoms with Crippen molar-refractivity contribution in [2.45, 2.75) is 70.4 Å². The van der Waals surface area contributed by atoms with E-state index in [0.717, 1.165) is 50.9 Å². The fraction of sp³-hybridized carbons (Fsp3) is 0.579. The van der Waals surface area contributed by atoms with Gasteiger partial charge in [-0.3, -0.25) is 0 Å². The fourth-order valence-corrected chi connectivity index (χ4v) is 3.43. The predicted octanol–water partition coefficient (Wildman–Crippen LogP) is 3.46. The Morgan fingerprint density at radius 3 is 2.70 bits per heavy atom. The van der Waals surface area contributed by atoms with Crippen LogP contribution >= 0.6 is 0 Å². The highest BCUT2D eigenvalue weighted by molar-refractivity contribution is 5.15. The highest BCUT2D eigenvalue weighted by Crippen LogP contribution is 2.32. The molecular weight excluding hydrogens is 284 g/mol. The fourth-order valence-electron chi connectivity index (χ4n) is 3.43. The summed E-state index contributed by atoms with van der Waals surface area (Å²) in [5.41, 5.74) is 7.45. The average Bonchev–Trinajstić information content (AvgIpc) is 3.18. The topological polar surface area (TPSA) is 56.7 Å². The second-order valence-corrected chi connectivity index (χ2v) is 6.72. The van der Waals surface area contributed by atoms with Crippen molar-refractivity contribution in [1.82, 2.24) is 14.8 Å². The SMILES string of the molecule is CCCCn1nc(CCc2ccccc2)nc1[C@@H]1CC[C@H](N)C1. The van der Waals surface area contributed by atoms with Crippen molar-refractivity contribution in [1.29, 1.82) is 0 Å². The molecule has 0 aliphatic heterocycles. The molecule has 4 nitrogen and oxygen atoms in total. The van der Waals surface area contributed by atoms with E-state index >= 15 is 0 Å². The summed E-state index contributed by atoms with van der Waals surface area (Å²) in [6, 6.07) is 10.9. The molecule has 2 N–H and O–H groups in total. The molecule has 1 heterocycles. The molecule has 4 heteroatoms. The van der Waals surface area contributed by atoms with Gasteiger partial charge >= 0.3 is 0 Å². The number of aryl methyl sites for hydroxylation is 3. The van der Waals surface area contributed by atoms with E-state index in [1.807, 2.05) is 0 Å². The van der Waals surface area contributed by atoms with Crippen LogP contribution in [0.25, 0.3) is 0 Å². The maximum Gasteiger partial charge on any atom is 0.151 e. The lowest BCUT2D eigenvalue weighted by molar-refractivity contribution is 0.508. The zero-order chi connectivity index (χ0) is 16.1. The minimum absolute atomic E-state index is 0.337. The maximum absolute atomic E-state index is 6.10. The molecule has 1 aromatic heterocycles. The van der Waals surface area contributed by atoms with Crippen molar-refractivity contribution in [3.63, 3.8) is 0 Å². The Hall–Kier alpha value is -1.68. The van der Waals surface area contributed by atoms with Crippen LogP contribution in [-0.4, -0.2) is 20.8 Å². The minimum atomic E-state index is 0.337. The van der Waals surface area contributed by atoms with Crippen LogP contribution in [0.1, 0.15) is 62.2 Å². The monoisotopic (exact) mass is 312 g/mol. The lowest BCUT2D eigenvalue weighted by Gasteiger charge is -2.10. The Balaban J connectivity index is 1.71. The molecular formula is C19H28N4. The summed E-state index contributed by atoms with van der Waals surface area (Å²) >= 11 is 0. The third-order valence-corrected chi connectivity index (χ3v) is 4.79. The van der Waals surface area contributed by atoms with E-state index in [1.165, 1.54) is 17.8 Å². The standard InChI is InChI=1S/C19H28N4/c1-2-3-13-23-19(16-10-11-17(20)14-16)21-18(22-23)12-9-15-7-5-4-6-8-15/h4-8,16-17H,2-3,9-14,20H2,1H3/t16-,17+/m1/s1. The van der Waals surface area contributed by atoms with Crippen LogP contribution in [-0.2, 0) is 19.4 Å². The summed E-state index contributed by atoms with van der Waals surface area (Å²) in [4.78, 5) is 4.89. The second kappa shape index (κ2) is 7.73. The van der Waals surface area contributed by atoms with Gasteiger partial charge in [0.15, 0.2) is 5.82 Å². The van der Waals surface area contributed by atoms with Crippen molar-refractivity contribution in [2.75, 3.05) is 0 Å². The first-order chi connectivity index (χ1) is 11.3. The second-order valence-electron chi connectivity index (χ2n) is 6.72. The quantitative estimate of drug-likeness (QED) is 0.852. The number of hydrogen-bond acceptors (Lipinski definition) is 3. The third kappa shape index (κ3) is 4.20. The summed E-state index contributed by atoms with van der Waals surface area (Å²) in [7, 11) is 0. The first kappa shape index (κ1) is 16.2. The molecule has 0 radical (unpaired) electrons. The van der Waals surface area contributed by atoms with Gasteiger partial charge in [-0.15, -0.1) is 0 Å². The van der Waals surface area contributed by atoms with Crippen LogP contribution in [0.4, 0.5) is 0 Å². The van der Waals surface area contributed by atoms with E-state index in [-0.39, 0.29) is 0 Å². The molecule has 0 spiro atoms. The van der Waals surface area contributed by atoms with E-state index in [0.29, 0.717) is 12.0 Å². The van der Waals surface area contributed by atoms with Gasteiger partial charge in [-0.05, 0) is 37.7 Å². The minimum Gasteiger partial charge on any atom is -0.328 e. The molecule has 0 unspecified atom stereocenters. The Morgan fingerprint density at radius 2 is 2.00 bits per heavy atom. The average molecular weight is 312 g/mol. The number of unbranched alkanes of at least 4 members (excludes halogenated alkanes) is 1. The van der Waals surface area contributed by atoms with E-state index in [4.69, 9.17) is 15.8 Å². The van der Waals surface area contributed by atoms with E-state index in [9.17, 15) is 0 Å². The van der Waals surface area contributed by atoms with Crippen molar-refractivity contribution in [2.24, 2.45) is 5.73 Å². The molecule has 1 aliphatic carbocycles. The number of nitrogens with two attached hydrogens (primary N) is 1. The van der Waals surface area contributed by atoms with Gasteiger partial charge in [0.1, 0.15) is 5.82 Å². The van der Waals surface area contributed by atoms with Gasteiger partial charge in [-0.1, -0.05) is 43.7 Å². The van der Waals surface area contributed by atoms with Crippen molar-refractivity contribution in [3.05, 3.63) is 47.5 Å². The van der Waals surface area contributed by atoms with Gasteiger partial charge in [0.2, 0.25) is 0 Å². The maximum atomic E-state index is 6.10. The van der Waals surface area contributed by atoms with Crippen LogP contribution in [0.2, 0.25) is 0 Å². The molecule has 1 fully saturated rings. The number of benzene rings is 1. The number of aromatic nitrogens is 3. The van der Waals surface area contributed by atoms with Crippen LogP contribution < -0.4 is 5.73 Å². The number of hydrogen-bond donors (Lipinski definition) is 1. The zero-order valence-electron chi connectivity index (χ0n) is 14.1. The van der Waals surface area contributed by atoms with Gasteiger partial charge in [0.25, 0.3) is 0 Å². The first-order valence-corrected chi connectivity index (χ1v) is 8.99. The van der Waals surface area contributed by atoms with Gasteiger partial charge in [-0.2, -0.15) is 5.10 Å². The summed E-state index contributed by atoms with van der Waals surface area (Å²) in [5, 5.41) is 4.80. The van der Waals surface area contributed by atoms with Crippen LogP contribution in [0.5, 0.6) is 0 Å². The third-order valence-electron chi connectivity index (χ3n) is 4.79. The Morgan fingerprint density at radius 1 is 1.17 bits per heavy atom. The molecule has 23 heavy (non-hydrogen) atoms. The highest BCUT2D eigenvalue weighted by Gasteiger charge is 2.27. The Bertz CT molecular complexity index is 605. The molecule has 1 aromatic carbocycles. The van der Waals surface area contributed by atoms with Crippen molar-refractivity contribution in [3.8, 4) is 0 Å². The summed E-state index contributed by atoms with van der Waals surface area (Å²) in [5.74, 6) is 2.66. The molecule has 2 atom stereocenters. The molecule has 124 valence electrons. The van der Waals surface area contributed by atoms with Gasteiger partial charge in [-0.25, -0.2) is 9.67 Å². The zero-order valence-corrected chi connectivity index (χ0v) is 14.1. The predicted molar refractivity (Wildman–Crippen MR) is 93.3 cm³/mol. The molecule has 2 aromatic rings. The van der Waals surface area contributed by atoms with Crippen LogP contribution in [0.15, 0.2) is 30.3 Å². The van der Waals surface area contributed by atoms with Crippen molar-refractivity contribution < 1.29 is 0 Å². The lowest BCUT2D eigenvalue weighted by atomic mass is 10.1. The van der Waals surface area contributed by atoms with Gasteiger partial charge < -0.3 is 5.73 Å². The molecule has 0 amide bonds.